The maximum absolute atomic E-state index is 12.2. The fourth-order valence-electron chi connectivity index (χ4n) is 0.934. The SMILES string of the molecule is COc1cnc(C(F)F)cc1S(N)(=O)=O. The van der Waals surface area contributed by atoms with Crippen LogP contribution < -0.4 is 9.88 Å². The second-order valence-corrected chi connectivity index (χ2v) is 4.14. The molecule has 0 atom stereocenters. The molecule has 0 spiro atoms. The zero-order chi connectivity index (χ0) is 11.6. The predicted octanol–water partition coefficient (Wildman–Crippen LogP) is 0.675. The highest BCUT2D eigenvalue weighted by atomic mass is 32.2. The van der Waals surface area contributed by atoms with E-state index in [-0.39, 0.29) is 5.75 Å². The Morgan fingerprint density at radius 3 is 2.53 bits per heavy atom. The van der Waals surface area contributed by atoms with Gasteiger partial charge in [-0.25, -0.2) is 22.3 Å². The molecule has 0 aliphatic rings. The summed E-state index contributed by atoms with van der Waals surface area (Å²) in [7, 11) is -2.91. The van der Waals surface area contributed by atoms with Crippen molar-refractivity contribution in [1.82, 2.24) is 4.98 Å². The molecule has 0 amide bonds. The highest BCUT2D eigenvalue weighted by Gasteiger charge is 2.19. The lowest BCUT2D eigenvalue weighted by Crippen LogP contribution is -2.14. The van der Waals surface area contributed by atoms with Gasteiger partial charge in [-0.2, -0.15) is 0 Å². The van der Waals surface area contributed by atoms with Crippen LogP contribution in [0.2, 0.25) is 0 Å². The van der Waals surface area contributed by atoms with E-state index >= 15 is 0 Å². The van der Waals surface area contributed by atoms with E-state index in [4.69, 9.17) is 5.14 Å². The van der Waals surface area contributed by atoms with E-state index in [1.807, 2.05) is 0 Å². The maximum Gasteiger partial charge on any atom is 0.280 e. The molecule has 2 N–H and O–H groups in total. The Hall–Kier alpha value is -1.28. The Morgan fingerprint density at radius 2 is 2.13 bits per heavy atom. The summed E-state index contributed by atoms with van der Waals surface area (Å²) in [6.45, 7) is 0. The van der Waals surface area contributed by atoms with Gasteiger partial charge in [-0.1, -0.05) is 0 Å². The van der Waals surface area contributed by atoms with Crippen molar-refractivity contribution in [3.8, 4) is 5.75 Å². The number of alkyl halides is 2. The largest absolute Gasteiger partial charge is 0.494 e. The third-order valence-corrected chi connectivity index (χ3v) is 2.53. The molecule has 0 aromatic carbocycles. The van der Waals surface area contributed by atoms with E-state index in [1.54, 1.807) is 0 Å². The summed E-state index contributed by atoms with van der Waals surface area (Å²) in [5, 5.41) is 4.82. The monoisotopic (exact) mass is 238 g/mol. The molecule has 0 bridgehead atoms. The first-order valence-electron chi connectivity index (χ1n) is 3.71. The van der Waals surface area contributed by atoms with Gasteiger partial charge >= 0.3 is 0 Å². The molecule has 0 saturated carbocycles. The van der Waals surface area contributed by atoms with Crippen molar-refractivity contribution < 1.29 is 21.9 Å². The smallest absolute Gasteiger partial charge is 0.280 e. The fraction of sp³-hybridized carbons (Fsp3) is 0.286. The van der Waals surface area contributed by atoms with Crippen LogP contribution in [0.5, 0.6) is 5.75 Å². The molecule has 1 aromatic rings. The van der Waals surface area contributed by atoms with Crippen molar-refractivity contribution in [1.29, 1.82) is 0 Å². The number of methoxy groups -OCH3 is 1. The topological polar surface area (TPSA) is 82.3 Å². The average Bonchev–Trinajstić information content (AvgIpc) is 2.15. The standard InChI is InChI=1S/C7H8F2N2O3S/c1-14-5-3-11-4(7(8)9)2-6(5)15(10,12)13/h2-3,7H,1H3,(H2,10,12,13). The first-order chi connectivity index (χ1) is 6.86. The van der Waals surface area contributed by atoms with Gasteiger partial charge in [0.2, 0.25) is 10.0 Å². The van der Waals surface area contributed by atoms with Gasteiger partial charge in [-0.3, -0.25) is 4.98 Å². The van der Waals surface area contributed by atoms with Crippen LogP contribution >= 0.6 is 0 Å². The molecule has 0 unspecified atom stereocenters. The molecule has 1 heterocycles. The van der Waals surface area contributed by atoms with Gasteiger partial charge in [-0.05, 0) is 6.07 Å². The molecule has 0 saturated heterocycles. The Labute approximate surface area is 84.9 Å². The maximum atomic E-state index is 12.2. The lowest BCUT2D eigenvalue weighted by atomic mass is 10.3. The average molecular weight is 238 g/mol. The summed E-state index contributed by atoms with van der Waals surface area (Å²) in [5.74, 6) is -0.165. The van der Waals surface area contributed by atoms with Crippen molar-refractivity contribution >= 4 is 10.0 Å². The number of primary sulfonamides is 1. The minimum absolute atomic E-state index is 0.165. The van der Waals surface area contributed by atoms with Crippen molar-refractivity contribution in [3.05, 3.63) is 18.0 Å². The number of aromatic nitrogens is 1. The number of nitrogens with zero attached hydrogens (tertiary/aromatic N) is 1. The van der Waals surface area contributed by atoms with Gasteiger partial charge in [0.25, 0.3) is 6.43 Å². The van der Waals surface area contributed by atoms with Crippen LogP contribution in [-0.4, -0.2) is 20.5 Å². The van der Waals surface area contributed by atoms with Crippen LogP contribution in [0.3, 0.4) is 0 Å². The number of rotatable bonds is 3. The molecular formula is C7H8F2N2O3S. The molecule has 0 aliphatic heterocycles. The predicted molar refractivity (Wildman–Crippen MR) is 47.1 cm³/mol. The highest BCUT2D eigenvalue weighted by molar-refractivity contribution is 7.89. The van der Waals surface area contributed by atoms with Crippen LogP contribution in [0.15, 0.2) is 17.2 Å². The highest BCUT2D eigenvalue weighted by Crippen LogP contribution is 2.26. The van der Waals surface area contributed by atoms with E-state index in [2.05, 4.69) is 9.72 Å². The minimum atomic E-state index is -4.10. The Balaban J connectivity index is 3.39. The number of ether oxygens (including phenoxy) is 1. The molecule has 0 aliphatic carbocycles. The van der Waals surface area contributed by atoms with Gasteiger partial charge in [0.05, 0.1) is 13.3 Å². The van der Waals surface area contributed by atoms with Gasteiger partial charge < -0.3 is 4.74 Å². The second kappa shape index (κ2) is 4.07. The van der Waals surface area contributed by atoms with Crippen LogP contribution in [-0.2, 0) is 10.0 Å². The molecule has 1 rings (SSSR count). The zero-order valence-electron chi connectivity index (χ0n) is 7.65. The first-order valence-corrected chi connectivity index (χ1v) is 5.25. The summed E-state index contributed by atoms with van der Waals surface area (Å²) in [6.07, 6.45) is -1.97. The van der Waals surface area contributed by atoms with Gasteiger partial charge in [-0.15, -0.1) is 0 Å². The summed E-state index contributed by atoms with van der Waals surface area (Å²) in [4.78, 5) is 2.82. The first kappa shape index (κ1) is 11.8. The minimum Gasteiger partial charge on any atom is -0.494 e. The molecule has 0 radical (unpaired) electrons. The normalized spacial score (nSPS) is 11.8. The van der Waals surface area contributed by atoms with E-state index in [1.165, 1.54) is 7.11 Å². The summed E-state index contributed by atoms with van der Waals surface area (Å²) >= 11 is 0. The number of pyridine rings is 1. The molecular weight excluding hydrogens is 230 g/mol. The van der Waals surface area contributed by atoms with Gasteiger partial charge in [0, 0.05) is 0 Å². The van der Waals surface area contributed by atoms with Crippen molar-refractivity contribution in [2.45, 2.75) is 11.3 Å². The number of nitrogens with two attached hydrogens (primary N) is 1. The van der Waals surface area contributed by atoms with Crippen LogP contribution in [0, 0.1) is 0 Å². The summed E-state index contributed by atoms with van der Waals surface area (Å²) in [5.41, 5.74) is -0.667. The molecule has 1 aromatic heterocycles. The zero-order valence-corrected chi connectivity index (χ0v) is 8.46. The number of halogens is 2. The van der Waals surface area contributed by atoms with E-state index in [0.29, 0.717) is 6.07 Å². The lowest BCUT2D eigenvalue weighted by molar-refractivity contribution is 0.145. The van der Waals surface area contributed by atoms with Crippen LogP contribution in [0.1, 0.15) is 12.1 Å². The summed E-state index contributed by atoms with van der Waals surface area (Å²) < 4.78 is 51.1. The Kier molecular flexibility index (Phi) is 3.20. The van der Waals surface area contributed by atoms with Gasteiger partial charge in [0.15, 0.2) is 5.75 Å². The van der Waals surface area contributed by atoms with Crippen molar-refractivity contribution in [3.63, 3.8) is 0 Å². The van der Waals surface area contributed by atoms with Crippen molar-refractivity contribution in [2.24, 2.45) is 5.14 Å². The molecule has 0 fully saturated rings. The van der Waals surface area contributed by atoms with Crippen LogP contribution in [0.4, 0.5) is 8.78 Å². The molecule has 8 heteroatoms. The number of hydrogen-bond donors (Lipinski definition) is 1. The molecule has 84 valence electrons. The third-order valence-electron chi connectivity index (χ3n) is 1.60. The Bertz CT molecular complexity index is 461. The number of hydrogen-bond acceptors (Lipinski definition) is 4. The van der Waals surface area contributed by atoms with Crippen LogP contribution in [0.25, 0.3) is 0 Å². The number of sulfonamides is 1. The van der Waals surface area contributed by atoms with Crippen molar-refractivity contribution in [2.75, 3.05) is 7.11 Å². The quantitative estimate of drug-likeness (QED) is 0.839. The van der Waals surface area contributed by atoms with E-state index < -0.39 is 27.0 Å². The fourth-order valence-corrected chi connectivity index (χ4v) is 1.64. The molecule has 5 nitrogen and oxygen atoms in total. The molecule has 15 heavy (non-hydrogen) atoms. The van der Waals surface area contributed by atoms with E-state index in [9.17, 15) is 17.2 Å². The Morgan fingerprint density at radius 1 is 1.53 bits per heavy atom. The summed E-state index contributed by atoms with van der Waals surface area (Å²) in [6, 6.07) is 0.693. The van der Waals surface area contributed by atoms with Gasteiger partial charge in [0.1, 0.15) is 10.6 Å². The van der Waals surface area contributed by atoms with E-state index in [0.717, 1.165) is 6.20 Å². The third kappa shape index (κ3) is 2.60. The second-order valence-electron chi connectivity index (χ2n) is 2.61. The lowest BCUT2D eigenvalue weighted by Gasteiger charge is -2.07.